The molecule has 386 valence electrons. The summed E-state index contributed by atoms with van der Waals surface area (Å²) in [5.74, 6) is -4.99. The van der Waals surface area contributed by atoms with Gasteiger partial charge in [-0.05, 0) is 131 Å². The van der Waals surface area contributed by atoms with E-state index < -0.39 is 106 Å². The molecule has 0 spiro atoms. The molecule has 4 amide bonds. The second-order valence-corrected chi connectivity index (χ2v) is 22.2. The van der Waals surface area contributed by atoms with Gasteiger partial charge in [-0.3, -0.25) is 24.0 Å². The molecule has 4 heterocycles. The number of hydrogen-bond donors (Lipinski definition) is 3. The largest absolute Gasteiger partial charge is 0.497 e. The number of alkyl halides is 4. The number of ether oxygens (including phenoxy) is 4. The van der Waals surface area contributed by atoms with Gasteiger partial charge in [0.1, 0.15) is 46.6 Å². The summed E-state index contributed by atoms with van der Waals surface area (Å²) in [4.78, 5) is 64.3. The average molecular weight is 1020 g/mol. The van der Waals surface area contributed by atoms with Gasteiger partial charge in [0, 0.05) is 29.9 Å². The van der Waals surface area contributed by atoms with Gasteiger partial charge in [-0.15, -0.1) is 0 Å². The Hall–Kier alpha value is -5.70. The molecule has 3 aromatic rings. The Balaban J connectivity index is 1.26. The third-order valence-corrected chi connectivity index (χ3v) is 16.7. The number of halogens is 4. The van der Waals surface area contributed by atoms with Crippen molar-refractivity contribution in [2.45, 2.75) is 138 Å². The normalized spacial score (nSPS) is 29.4. The third kappa shape index (κ3) is 10.5. The maximum atomic E-state index is 16.3. The Morgan fingerprint density at radius 1 is 1.06 bits per heavy atom. The zero-order valence-corrected chi connectivity index (χ0v) is 41.1. The fourth-order valence-corrected chi connectivity index (χ4v) is 11.9. The lowest BCUT2D eigenvalue weighted by Crippen LogP contribution is -2.64. The first-order valence-corrected chi connectivity index (χ1v) is 25.6. The van der Waals surface area contributed by atoms with Crippen LogP contribution < -0.4 is 24.2 Å². The summed E-state index contributed by atoms with van der Waals surface area (Å²) in [5.41, 5.74) is -1.20. The van der Waals surface area contributed by atoms with Crippen LogP contribution >= 0.6 is 0 Å². The number of amides is 4. The molecule has 9 atom stereocenters. The number of methoxy groups -OCH3 is 1. The molecule has 0 radical (unpaired) electrons. The number of allylic oxidation sites excluding steroid dienone is 1. The van der Waals surface area contributed by atoms with Crippen molar-refractivity contribution in [1.29, 1.82) is 0 Å². The standard InChI is InChI=1S/C50H61F4N5O11S/c1-28(2)69-35-14-12-31(13-15-35)38-23-32-22-36(67-5)16-17-37(32)44(55-38)70-40-24-39-43(60)56-49(46(62)57-71(65,66)48(27-51)18-19-48)25-33(49)10-7-6-9-29(3)21-30(4)41(45(61)59(39)42(40)50(52,53)54)58(47(63)64)34-11-8-20-68-26-34/h7,10,12-17,22-23,28-30,33-34,39-42H,6,8-9,11,18-21,24-27H2,1-5H3,(H,56,60)(H,57,62)(H,63,64)/b10-7-/t29-,30-,33-,34?,39+,40-,41+,42+,49-/m1/s1. The van der Waals surface area contributed by atoms with E-state index in [4.69, 9.17) is 23.9 Å². The van der Waals surface area contributed by atoms with Crippen LogP contribution in [0.3, 0.4) is 0 Å². The van der Waals surface area contributed by atoms with Gasteiger partial charge in [-0.1, -0.05) is 26.0 Å². The number of nitrogens with zero attached hydrogens (tertiary/aromatic N) is 3. The Kier molecular flexibility index (Phi) is 14.6. The van der Waals surface area contributed by atoms with E-state index in [1.165, 1.54) is 7.11 Å². The Morgan fingerprint density at radius 3 is 2.39 bits per heavy atom. The molecule has 0 bridgehead atoms. The second kappa shape index (κ2) is 20.1. The van der Waals surface area contributed by atoms with Gasteiger partial charge < -0.3 is 34.3 Å². The van der Waals surface area contributed by atoms with E-state index in [1.54, 1.807) is 67.6 Å². The zero-order valence-electron chi connectivity index (χ0n) is 40.2. The zero-order chi connectivity index (χ0) is 51.2. The molecule has 2 saturated carbocycles. The predicted molar refractivity (Wildman–Crippen MR) is 252 cm³/mol. The first kappa shape index (κ1) is 51.6. The molecule has 2 aromatic carbocycles. The van der Waals surface area contributed by atoms with E-state index in [0.717, 1.165) is 4.90 Å². The number of sulfonamides is 1. The maximum absolute atomic E-state index is 16.3. The smallest absolute Gasteiger partial charge is 0.412 e. The van der Waals surface area contributed by atoms with Crippen molar-refractivity contribution in [3.63, 3.8) is 0 Å². The van der Waals surface area contributed by atoms with Crippen molar-refractivity contribution < 1.29 is 69.2 Å². The summed E-state index contributed by atoms with van der Waals surface area (Å²) in [5, 5.41) is 14.2. The van der Waals surface area contributed by atoms with Crippen molar-refractivity contribution in [3.8, 4) is 28.6 Å². The maximum Gasteiger partial charge on any atom is 0.412 e. The molecule has 1 unspecified atom stereocenters. The highest BCUT2D eigenvalue weighted by Gasteiger charge is 2.66. The Bertz CT molecular complexity index is 2640. The van der Waals surface area contributed by atoms with Crippen LogP contribution in [-0.4, -0.2) is 132 Å². The number of aromatic nitrogens is 1. The fourth-order valence-electron chi connectivity index (χ4n) is 10.5. The van der Waals surface area contributed by atoms with Gasteiger partial charge in [0.05, 0.1) is 31.6 Å². The Labute approximate surface area is 409 Å². The quantitative estimate of drug-likeness (QED) is 0.121. The van der Waals surface area contributed by atoms with Crippen LogP contribution in [0.2, 0.25) is 0 Å². The lowest BCUT2D eigenvalue weighted by atomic mass is 9.86. The highest BCUT2D eigenvalue weighted by molar-refractivity contribution is 7.91. The molecule has 71 heavy (non-hydrogen) atoms. The lowest BCUT2D eigenvalue weighted by molar-refractivity contribution is -0.200. The molecule has 3 aliphatic heterocycles. The number of fused-ring (bicyclic) bond motifs is 3. The van der Waals surface area contributed by atoms with Crippen molar-refractivity contribution in [1.82, 2.24) is 24.8 Å². The van der Waals surface area contributed by atoms with Crippen molar-refractivity contribution >= 4 is 44.6 Å². The van der Waals surface area contributed by atoms with Gasteiger partial charge in [0.15, 0.2) is 6.04 Å². The van der Waals surface area contributed by atoms with Gasteiger partial charge in [-0.25, -0.2) is 22.6 Å². The highest BCUT2D eigenvalue weighted by Crippen LogP contribution is 2.49. The summed E-state index contributed by atoms with van der Waals surface area (Å²) in [6, 6.07) is 5.69. The van der Waals surface area contributed by atoms with Crippen molar-refractivity contribution in [3.05, 3.63) is 60.7 Å². The molecule has 2 saturated heterocycles. The van der Waals surface area contributed by atoms with Crippen molar-refractivity contribution in [2.24, 2.45) is 17.8 Å². The minimum atomic E-state index is -5.33. The molecule has 5 aliphatic rings. The molecule has 2 aliphatic carbocycles. The van der Waals surface area contributed by atoms with Gasteiger partial charge in [-0.2, -0.15) is 13.2 Å². The SMILES string of the molecule is COc1ccc2c(O[C@@H]3C[C@H]4C(=O)N[C@]5(C(=O)NS(=O)(=O)C6(CF)CC6)C[C@H]5/C=C\CC[C@@H](C)C[C@@H](C)[C@H](N(C(=O)O)C5CCCOC5)C(=O)N4[C@@H]3C(F)(F)F)nc(-c3ccc(OC(C)C)cc3)cc2c1. The number of nitrogens with one attached hydrogen (secondary N) is 2. The van der Waals surface area contributed by atoms with Crippen LogP contribution in [0, 0.1) is 17.8 Å². The molecule has 4 fully saturated rings. The molecular formula is C50H61F4N5O11S. The fraction of sp³-hybridized carbons (Fsp3) is 0.580. The van der Waals surface area contributed by atoms with E-state index in [1.807, 2.05) is 25.5 Å². The van der Waals surface area contributed by atoms with Crippen LogP contribution in [0.25, 0.3) is 22.0 Å². The molecule has 16 nitrogen and oxygen atoms in total. The van der Waals surface area contributed by atoms with Crippen LogP contribution in [-0.2, 0) is 29.1 Å². The van der Waals surface area contributed by atoms with Crippen molar-refractivity contribution in [2.75, 3.05) is 27.0 Å². The average Bonchev–Trinajstić information content (AvgIpc) is 4.23. The van der Waals surface area contributed by atoms with Crippen LogP contribution in [0.15, 0.2) is 60.7 Å². The number of pyridine rings is 1. The monoisotopic (exact) mass is 1020 g/mol. The van der Waals surface area contributed by atoms with E-state index in [-0.39, 0.29) is 67.7 Å². The minimum absolute atomic E-state index is 0.0492. The summed E-state index contributed by atoms with van der Waals surface area (Å²) >= 11 is 0. The van der Waals surface area contributed by atoms with Crippen LogP contribution in [0.1, 0.15) is 85.5 Å². The third-order valence-electron chi connectivity index (χ3n) is 14.5. The van der Waals surface area contributed by atoms with E-state index in [0.29, 0.717) is 53.2 Å². The predicted octanol–water partition coefficient (Wildman–Crippen LogP) is 7.34. The Morgan fingerprint density at radius 2 is 1.77 bits per heavy atom. The van der Waals surface area contributed by atoms with Crippen LogP contribution in [0.4, 0.5) is 22.4 Å². The summed E-state index contributed by atoms with van der Waals surface area (Å²) in [6.45, 7) is 6.13. The molecule has 8 rings (SSSR count). The topological polar surface area (TPSA) is 203 Å². The number of carbonyl (C=O) groups is 4. The second-order valence-electron chi connectivity index (χ2n) is 20.1. The van der Waals surface area contributed by atoms with E-state index >= 15 is 22.8 Å². The number of rotatable bonds is 12. The number of hydrogen-bond acceptors (Lipinski definition) is 11. The van der Waals surface area contributed by atoms with Gasteiger partial charge >= 0.3 is 12.3 Å². The summed E-state index contributed by atoms with van der Waals surface area (Å²) < 4.78 is 113. The molecule has 1 aromatic heterocycles. The van der Waals surface area contributed by atoms with E-state index in [9.17, 15) is 27.5 Å². The first-order valence-electron chi connectivity index (χ1n) is 24.1. The molecular weight excluding hydrogens is 955 g/mol. The molecule has 3 N–H and O–H groups in total. The number of carbonyl (C=O) groups excluding carboxylic acids is 3. The van der Waals surface area contributed by atoms with Gasteiger partial charge in [0.25, 0.3) is 5.91 Å². The summed E-state index contributed by atoms with van der Waals surface area (Å²) in [7, 11) is -3.17. The highest BCUT2D eigenvalue weighted by atomic mass is 32.2. The lowest BCUT2D eigenvalue weighted by Gasteiger charge is -2.43. The minimum Gasteiger partial charge on any atom is -0.497 e. The van der Waals surface area contributed by atoms with Crippen LogP contribution in [0.5, 0.6) is 17.4 Å². The first-order chi connectivity index (χ1) is 33.6. The van der Waals surface area contributed by atoms with Gasteiger partial charge in [0.2, 0.25) is 27.7 Å². The summed E-state index contributed by atoms with van der Waals surface area (Å²) in [6.07, 6.45) is -5.00. The molecule has 21 heteroatoms. The number of benzene rings is 2. The number of carboxylic acid groups (broad SMARTS) is 1. The van der Waals surface area contributed by atoms with E-state index in [2.05, 4.69) is 5.32 Å².